The molecule has 10 aromatic carbocycles. The van der Waals surface area contributed by atoms with Crippen LogP contribution in [-0.2, 0) is 5.41 Å². The fraction of sp³-hybridized carbons (Fsp3) is 0.0164. The van der Waals surface area contributed by atoms with Gasteiger partial charge in [-0.05, 0) is 133 Å². The summed E-state index contributed by atoms with van der Waals surface area (Å²) in [7, 11) is 0. The second-order valence-electron chi connectivity index (χ2n) is 16.8. The van der Waals surface area contributed by atoms with E-state index in [0.29, 0.717) is 11.5 Å². The first-order valence-corrected chi connectivity index (χ1v) is 21.9. The Balaban J connectivity index is 0.839. The van der Waals surface area contributed by atoms with Crippen LogP contribution in [0.2, 0.25) is 0 Å². The second-order valence-corrected chi connectivity index (χ2v) is 16.8. The Morgan fingerprint density at radius 2 is 0.766 bits per heavy atom. The van der Waals surface area contributed by atoms with Crippen molar-refractivity contribution >= 4 is 17.1 Å². The fourth-order valence-corrected chi connectivity index (χ4v) is 10.6. The predicted octanol–water partition coefficient (Wildman–Crippen LogP) is 16.4. The van der Waals surface area contributed by atoms with Crippen molar-refractivity contribution in [3.63, 3.8) is 0 Å². The van der Waals surface area contributed by atoms with E-state index in [9.17, 15) is 0 Å². The highest BCUT2D eigenvalue weighted by molar-refractivity contribution is 5.98. The number of nitrogens with zero attached hydrogens (tertiary/aromatic N) is 1. The van der Waals surface area contributed by atoms with E-state index in [1.54, 1.807) is 0 Å². The van der Waals surface area contributed by atoms with Crippen LogP contribution in [0.4, 0.5) is 17.1 Å². The number of fused-ring (bicyclic) bond motifs is 13. The van der Waals surface area contributed by atoms with E-state index in [-0.39, 0.29) is 0 Å². The molecule has 0 aromatic heterocycles. The van der Waals surface area contributed by atoms with Crippen LogP contribution >= 0.6 is 0 Å². The number of hydrogen-bond acceptors (Lipinski definition) is 3. The summed E-state index contributed by atoms with van der Waals surface area (Å²) in [5, 5.41) is 0. The molecule has 0 N–H and O–H groups in total. The average Bonchev–Trinajstić information content (AvgIpc) is 3.84. The maximum Gasteiger partial charge on any atom is 0.178 e. The summed E-state index contributed by atoms with van der Waals surface area (Å²) in [6.45, 7) is 0. The number of anilines is 3. The highest BCUT2D eigenvalue weighted by Gasteiger charge is 2.53. The fourth-order valence-electron chi connectivity index (χ4n) is 10.6. The first kappa shape index (κ1) is 36.3. The van der Waals surface area contributed by atoms with Gasteiger partial charge in [0.1, 0.15) is 0 Å². The lowest BCUT2D eigenvalue weighted by molar-refractivity contribution is 0.360. The minimum Gasteiger partial charge on any atom is -0.449 e. The van der Waals surface area contributed by atoms with Crippen molar-refractivity contribution < 1.29 is 9.47 Å². The van der Waals surface area contributed by atoms with Crippen LogP contribution in [-0.4, -0.2) is 0 Å². The van der Waals surface area contributed by atoms with Crippen molar-refractivity contribution in [3.05, 3.63) is 259 Å². The van der Waals surface area contributed by atoms with Gasteiger partial charge < -0.3 is 14.4 Å². The van der Waals surface area contributed by atoms with Gasteiger partial charge in [-0.2, -0.15) is 0 Å². The minimum absolute atomic E-state index is 0.444. The summed E-state index contributed by atoms with van der Waals surface area (Å²) in [5.74, 6) is 2.89. The topological polar surface area (TPSA) is 21.7 Å². The number of rotatable bonds is 6. The Labute approximate surface area is 372 Å². The first-order valence-electron chi connectivity index (χ1n) is 21.9. The van der Waals surface area contributed by atoms with Gasteiger partial charge in [-0.1, -0.05) is 176 Å². The quantitative estimate of drug-likeness (QED) is 0.167. The lowest BCUT2D eigenvalue weighted by Gasteiger charge is -2.31. The molecule has 2 aliphatic carbocycles. The van der Waals surface area contributed by atoms with Crippen molar-refractivity contribution in [2.45, 2.75) is 5.41 Å². The largest absolute Gasteiger partial charge is 0.449 e. The third-order valence-electron chi connectivity index (χ3n) is 13.3. The van der Waals surface area contributed by atoms with Crippen LogP contribution in [0.3, 0.4) is 0 Å². The molecule has 1 aliphatic heterocycles. The average molecular weight is 818 g/mol. The van der Waals surface area contributed by atoms with Crippen molar-refractivity contribution in [2.24, 2.45) is 0 Å². The molecule has 0 radical (unpaired) electrons. The number of ether oxygens (including phenoxy) is 2. The van der Waals surface area contributed by atoms with E-state index < -0.39 is 5.41 Å². The lowest BCUT2D eigenvalue weighted by atomic mass is 9.70. The summed E-state index contributed by atoms with van der Waals surface area (Å²) in [4.78, 5) is 2.32. The van der Waals surface area contributed by atoms with E-state index in [2.05, 4.69) is 241 Å². The van der Waals surface area contributed by atoms with Gasteiger partial charge in [0.15, 0.2) is 23.0 Å². The van der Waals surface area contributed by atoms with Crippen LogP contribution in [0, 0.1) is 0 Å². The van der Waals surface area contributed by atoms with E-state index in [1.165, 1.54) is 50.1 Å². The smallest absolute Gasteiger partial charge is 0.178 e. The molecular formula is C61H39NO2. The zero-order valence-corrected chi connectivity index (χ0v) is 34.8. The van der Waals surface area contributed by atoms with Crippen LogP contribution < -0.4 is 14.4 Å². The Hall–Kier alpha value is -8.40. The molecule has 1 heterocycles. The Morgan fingerprint density at radius 1 is 0.281 bits per heavy atom. The van der Waals surface area contributed by atoms with E-state index in [0.717, 1.165) is 56.4 Å². The van der Waals surface area contributed by atoms with Crippen LogP contribution in [0.1, 0.15) is 22.3 Å². The summed E-state index contributed by atoms with van der Waals surface area (Å²) in [5.41, 5.74) is 19.6. The van der Waals surface area contributed by atoms with Crippen molar-refractivity contribution in [1.82, 2.24) is 0 Å². The third kappa shape index (κ3) is 5.47. The highest BCUT2D eigenvalue weighted by atomic mass is 16.6. The SMILES string of the molecule is c1ccc(-c2ccc(N(c3ccccc3)c3cccc(-c4cccc(-c5ccc6c(c5)Oc5ccc7c(c5O6)-c5ccccc5C75c6ccccc6-c6ccccc65)c4)c3)cc2)cc1. The maximum absolute atomic E-state index is 6.95. The summed E-state index contributed by atoms with van der Waals surface area (Å²) < 4.78 is 13.8. The number of para-hydroxylation sites is 1. The molecule has 0 saturated carbocycles. The molecule has 0 saturated heterocycles. The van der Waals surface area contributed by atoms with E-state index in [4.69, 9.17) is 9.47 Å². The maximum atomic E-state index is 6.95. The van der Waals surface area contributed by atoms with Gasteiger partial charge >= 0.3 is 0 Å². The Kier molecular flexibility index (Phi) is 8.13. The van der Waals surface area contributed by atoms with Gasteiger partial charge in [0.05, 0.1) is 5.41 Å². The summed E-state index contributed by atoms with van der Waals surface area (Å²) in [6, 6.07) is 84.7. The summed E-state index contributed by atoms with van der Waals surface area (Å²) in [6.07, 6.45) is 0. The standard InChI is InChI=1S/C61H39NO2/c1-3-15-40(16-4-1)41-29-32-47(33-30-41)62(46-20-5-2-6-21-46)48-22-14-19-44(38-48)42-17-13-18-43(37-42)45-31-35-56-58(39-45)63-57-36-34-55-59(60(57)64-56)51-25-9-12-28-54(51)61(55)52-26-10-7-23-49(52)50-24-8-11-27-53(50)61/h1-39H. The van der Waals surface area contributed by atoms with Crippen LogP contribution in [0.5, 0.6) is 23.0 Å². The minimum atomic E-state index is -0.444. The zero-order valence-electron chi connectivity index (χ0n) is 34.8. The van der Waals surface area contributed by atoms with Gasteiger partial charge in [-0.25, -0.2) is 0 Å². The monoisotopic (exact) mass is 817 g/mol. The highest BCUT2D eigenvalue weighted by Crippen LogP contribution is 2.66. The molecule has 13 rings (SSSR count). The summed E-state index contributed by atoms with van der Waals surface area (Å²) >= 11 is 0. The van der Waals surface area contributed by atoms with Gasteiger partial charge in [0, 0.05) is 22.6 Å². The second kappa shape index (κ2) is 14.3. The molecule has 0 amide bonds. The van der Waals surface area contributed by atoms with Crippen LogP contribution in [0.25, 0.3) is 55.6 Å². The van der Waals surface area contributed by atoms with Crippen molar-refractivity contribution in [3.8, 4) is 78.6 Å². The molecule has 3 aliphatic rings. The van der Waals surface area contributed by atoms with Gasteiger partial charge in [-0.3, -0.25) is 0 Å². The molecule has 0 fully saturated rings. The van der Waals surface area contributed by atoms with E-state index >= 15 is 0 Å². The first-order chi connectivity index (χ1) is 31.7. The number of hydrogen-bond donors (Lipinski definition) is 0. The van der Waals surface area contributed by atoms with Gasteiger partial charge in [0.2, 0.25) is 0 Å². The lowest BCUT2D eigenvalue weighted by Crippen LogP contribution is -2.25. The zero-order chi connectivity index (χ0) is 42.2. The molecule has 0 bridgehead atoms. The van der Waals surface area contributed by atoms with E-state index in [1.807, 2.05) is 0 Å². The molecule has 0 atom stereocenters. The molecule has 3 heteroatoms. The van der Waals surface area contributed by atoms with Crippen molar-refractivity contribution in [2.75, 3.05) is 4.90 Å². The molecule has 3 nitrogen and oxygen atoms in total. The Bertz CT molecular complexity index is 3400. The molecule has 64 heavy (non-hydrogen) atoms. The molecular weight excluding hydrogens is 779 g/mol. The molecule has 10 aromatic rings. The number of benzene rings is 10. The van der Waals surface area contributed by atoms with Crippen molar-refractivity contribution in [1.29, 1.82) is 0 Å². The molecule has 300 valence electrons. The normalized spacial score (nSPS) is 13.1. The third-order valence-corrected chi connectivity index (χ3v) is 13.3. The van der Waals surface area contributed by atoms with Gasteiger partial charge in [-0.15, -0.1) is 0 Å². The molecule has 0 unspecified atom stereocenters. The van der Waals surface area contributed by atoms with Crippen LogP contribution in [0.15, 0.2) is 237 Å². The Morgan fingerprint density at radius 3 is 1.47 bits per heavy atom. The van der Waals surface area contributed by atoms with Gasteiger partial charge in [0.25, 0.3) is 0 Å². The predicted molar refractivity (Wildman–Crippen MR) is 260 cm³/mol. The molecule has 1 spiro atoms.